The molecule has 1 aromatic heterocycles. The van der Waals surface area contributed by atoms with Gasteiger partial charge in [-0.15, -0.1) is 0 Å². The van der Waals surface area contributed by atoms with Gasteiger partial charge in [0.15, 0.2) is 0 Å². The van der Waals surface area contributed by atoms with Gasteiger partial charge in [0, 0.05) is 19.3 Å². The third-order valence-electron chi connectivity index (χ3n) is 3.58. The summed E-state index contributed by atoms with van der Waals surface area (Å²) in [7, 11) is 0. The van der Waals surface area contributed by atoms with Gasteiger partial charge < -0.3 is 4.90 Å². The molecule has 0 radical (unpaired) electrons. The molecule has 4 nitrogen and oxygen atoms in total. The highest BCUT2D eigenvalue weighted by atomic mass is 35.5. The largest absolute Gasteiger partial charge is 0.342 e. The second kappa shape index (κ2) is 5.74. The summed E-state index contributed by atoms with van der Waals surface area (Å²) in [5, 5.41) is 4.72. The highest BCUT2D eigenvalue weighted by Gasteiger charge is 2.24. The molecule has 18 heavy (non-hydrogen) atoms. The van der Waals surface area contributed by atoms with Gasteiger partial charge in [0.25, 0.3) is 0 Å². The van der Waals surface area contributed by atoms with Crippen LogP contribution in [-0.2, 0) is 11.3 Å². The maximum absolute atomic E-state index is 12.3. The Labute approximate surface area is 113 Å². The lowest BCUT2D eigenvalue weighted by Gasteiger charge is -2.32. The minimum absolute atomic E-state index is 0.0469. The molecule has 0 saturated carbocycles. The predicted molar refractivity (Wildman–Crippen MR) is 71.4 cm³/mol. The van der Waals surface area contributed by atoms with E-state index in [-0.39, 0.29) is 11.8 Å². The van der Waals surface area contributed by atoms with E-state index in [0.717, 1.165) is 31.8 Å². The molecule has 1 aliphatic rings. The molecule has 1 saturated heterocycles. The molecule has 0 bridgehead atoms. The zero-order valence-electron chi connectivity index (χ0n) is 11.0. The zero-order valence-corrected chi connectivity index (χ0v) is 11.7. The van der Waals surface area contributed by atoms with E-state index < -0.39 is 0 Å². The molecule has 5 heteroatoms. The number of hydrogen-bond donors (Lipinski definition) is 0. The molecule has 1 fully saturated rings. The van der Waals surface area contributed by atoms with Crippen LogP contribution in [0.1, 0.15) is 26.7 Å². The van der Waals surface area contributed by atoms with Gasteiger partial charge >= 0.3 is 0 Å². The van der Waals surface area contributed by atoms with Crippen molar-refractivity contribution in [1.29, 1.82) is 0 Å². The van der Waals surface area contributed by atoms with Crippen LogP contribution in [0.25, 0.3) is 0 Å². The minimum Gasteiger partial charge on any atom is -0.342 e. The van der Waals surface area contributed by atoms with Crippen molar-refractivity contribution >= 4 is 17.5 Å². The van der Waals surface area contributed by atoms with Crippen molar-refractivity contribution in [2.45, 2.75) is 33.2 Å². The van der Waals surface area contributed by atoms with E-state index in [0.29, 0.717) is 11.6 Å². The number of piperidine rings is 1. The van der Waals surface area contributed by atoms with Crippen LogP contribution >= 0.6 is 11.6 Å². The maximum Gasteiger partial charge on any atom is 0.227 e. The van der Waals surface area contributed by atoms with Crippen LogP contribution in [0.4, 0.5) is 0 Å². The van der Waals surface area contributed by atoms with E-state index in [1.165, 1.54) is 0 Å². The summed E-state index contributed by atoms with van der Waals surface area (Å²) in [6, 6.07) is 0. The Hall–Kier alpha value is -1.03. The van der Waals surface area contributed by atoms with Gasteiger partial charge in [-0.1, -0.05) is 25.4 Å². The molecule has 1 amide bonds. The predicted octanol–water partition coefficient (Wildman–Crippen LogP) is 2.43. The molecule has 1 aliphatic heterocycles. The Morgan fingerprint density at radius 1 is 1.56 bits per heavy atom. The van der Waals surface area contributed by atoms with E-state index in [1.54, 1.807) is 17.1 Å². The van der Waals surface area contributed by atoms with Crippen molar-refractivity contribution < 1.29 is 4.79 Å². The number of rotatable bonds is 3. The molecule has 0 aliphatic carbocycles. The van der Waals surface area contributed by atoms with Gasteiger partial charge in [-0.25, -0.2) is 0 Å². The van der Waals surface area contributed by atoms with Crippen molar-refractivity contribution in [2.75, 3.05) is 13.1 Å². The molecule has 2 heterocycles. The number of carbonyl (C=O) groups is 1. The normalized spacial score (nSPS) is 18.9. The molecule has 0 unspecified atom stereocenters. The van der Waals surface area contributed by atoms with Crippen LogP contribution in [0.3, 0.4) is 0 Å². The monoisotopic (exact) mass is 269 g/mol. The first-order valence-electron chi connectivity index (χ1n) is 6.53. The summed E-state index contributed by atoms with van der Waals surface area (Å²) >= 11 is 5.81. The van der Waals surface area contributed by atoms with E-state index in [4.69, 9.17) is 11.6 Å². The van der Waals surface area contributed by atoms with Crippen LogP contribution in [0.15, 0.2) is 12.4 Å². The summed E-state index contributed by atoms with van der Waals surface area (Å²) in [6.45, 7) is 6.58. The quantitative estimate of drug-likeness (QED) is 0.845. The van der Waals surface area contributed by atoms with E-state index in [1.807, 2.05) is 11.8 Å². The topological polar surface area (TPSA) is 38.1 Å². The van der Waals surface area contributed by atoms with Crippen LogP contribution < -0.4 is 0 Å². The van der Waals surface area contributed by atoms with Gasteiger partial charge in [-0.3, -0.25) is 9.48 Å². The van der Waals surface area contributed by atoms with Crippen LogP contribution in [-0.4, -0.2) is 33.7 Å². The van der Waals surface area contributed by atoms with Gasteiger partial charge in [0.1, 0.15) is 0 Å². The SMILES string of the molecule is CC1CCN(C(=O)[C@H](C)Cn2cc(Cl)cn2)CC1. The second-order valence-electron chi connectivity index (χ2n) is 5.29. The molecule has 0 spiro atoms. The Kier molecular flexibility index (Phi) is 4.27. The third-order valence-corrected chi connectivity index (χ3v) is 3.77. The van der Waals surface area contributed by atoms with Crippen LogP contribution in [0.2, 0.25) is 5.02 Å². The number of likely N-dealkylation sites (tertiary alicyclic amines) is 1. The zero-order chi connectivity index (χ0) is 13.1. The van der Waals surface area contributed by atoms with Gasteiger partial charge in [0.2, 0.25) is 5.91 Å². The lowest BCUT2D eigenvalue weighted by atomic mass is 9.98. The Bertz CT molecular complexity index is 410. The first-order valence-corrected chi connectivity index (χ1v) is 6.91. The van der Waals surface area contributed by atoms with Crippen molar-refractivity contribution in [3.63, 3.8) is 0 Å². The van der Waals surface area contributed by atoms with Crippen molar-refractivity contribution in [3.05, 3.63) is 17.4 Å². The van der Waals surface area contributed by atoms with Gasteiger partial charge in [-0.2, -0.15) is 5.10 Å². The number of halogens is 1. The van der Waals surface area contributed by atoms with Crippen molar-refractivity contribution in [3.8, 4) is 0 Å². The van der Waals surface area contributed by atoms with Gasteiger partial charge in [-0.05, 0) is 18.8 Å². The van der Waals surface area contributed by atoms with Gasteiger partial charge in [0.05, 0.1) is 23.7 Å². The summed E-state index contributed by atoms with van der Waals surface area (Å²) in [6.07, 6.45) is 5.59. The highest BCUT2D eigenvalue weighted by molar-refractivity contribution is 6.30. The number of nitrogens with zero attached hydrogens (tertiary/aromatic N) is 3. The average molecular weight is 270 g/mol. The lowest BCUT2D eigenvalue weighted by Crippen LogP contribution is -2.41. The molecule has 1 aromatic rings. The minimum atomic E-state index is -0.0469. The summed E-state index contributed by atoms with van der Waals surface area (Å²) < 4.78 is 1.73. The Balaban J connectivity index is 1.88. The molecular formula is C13H20ClN3O. The number of hydrogen-bond acceptors (Lipinski definition) is 2. The Morgan fingerprint density at radius 3 is 2.78 bits per heavy atom. The van der Waals surface area contributed by atoms with Crippen molar-refractivity contribution in [2.24, 2.45) is 11.8 Å². The molecule has 1 atom stereocenters. The Morgan fingerprint density at radius 2 is 2.22 bits per heavy atom. The summed E-state index contributed by atoms with van der Waals surface area (Å²) in [4.78, 5) is 14.2. The summed E-state index contributed by atoms with van der Waals surface area (Å²) in [5.41, 5.74) is 0. The molecule has 0 aromatic carbocycles. The third kappa shape index (κ3) is 3.25. The fraction of sp³-hybridized carbons (Fsp3) is 0.692. The van der Waals surface area contributed by atoms with E-state index >= 15 is 0 Å². The molecule has 2 rings (SSSR count). The maximum atomic E-state index is 12.3. The van der Waals surface area contributed by atoms with Crippen LogP contribution in [0, 0.1) is 11.8 Å². The fourth-order valence-corrected chi connectivity index (χ4v) is 2.49. The smallest absolute Gasteiger partial charge is 0.227 e. The standard InChI is InChI=1S/C13H20ClN3O/c1-10-3-5-16(6-4-10)13(18)11(2)8-17-9-12(14)7-15-17/h7,9-11H,3-6,8H2,1-2H3/t11-/m1/s1. The lowest BCUT2D eigenvalue weighted by molar-refractivity contribution is -0.136. The average Bonchev–Trinajstić information content (AvgIpc) is 2.75. The van der Waals surface area contributed by atoms with Crippen LogP contribution in [0.5, 0.6) is 0 Å². The first-order chi connectivity index (χ1) is 8.56. The van der Waals surface area contributed by atoms with E-state index in [2.05, 4.69) is 12.0 Å². The molecular weight excluding hydrogens is 250 g/mol. The second-order valence-corrected chi connectivity index (χ2v) is 5.73. The number of aromatic nitrogens is 2. The van der Waals surface area contributed by atoms with E-state index in [9.17, 15) is 4.79 Å². The summed E-state index contributed by atoms with van der Waals surface area (Å²) in [5.74, 6) is 0.928. The van der Waals surface area contributed by atoms with Crippen molar-refractivity contribution in [1.82, 2.24) is 14.7 Å². The fourth-order valence-electron chi connectivity index (χ4n) is 2.34. The first kappa shape index (κ1) is 13.4. The molecule has 100 valence electrons. The highest BCUT2D eigenvalue weighted by Crippen LogP contribution is 2.18. The number of carbonyl (C=O) groups excluding carboxylic acids is 1. The molecule has 0 N–H and O–H groups in total. The number of amides is 1.